The molecule has 4 rings (SSSR count). The molecular weight excluding hydrogens is 368 g/mol. The molecule has 0 radical (unpaired) electrons. The van der Waals surface area contributed by atoms with Gasteiger partial charge in [0, 0.05) is 57.1 Å². The Hall–Kier alpha value is -2.96. The van der Waals surface area contributed by atoms with Crippen LogP contribution in [-0.4, -0.2) is 57.8 Å². The quantitative estimate of drug-likeness (QED) is 0.858. The van der Waals surface area contributed by atoms with E-state index in [0.717, 1.165) is 37.9 Å². The van der Waals surface area contributed by atoms with Crippen molar-refractivity contribution in [2.45, 2.75) is 32.1 Å². The summed E-state index contributed by atoms with van der Waals surface area (Å²) in [5.41, 5.74) is 0.909. The summed E-state index contributed by atoms with van der Waals surface area (Å²) in [4.78, 5) is 47.7. The molecule has 0 atom stereocenters. The molecule has 2 saturated heterocycles. The Morgan fingerprint density at radius 3 is 2.66 bits per heavy atom. The van der Waals surface area contributed by atoms with Gasteiger partial charge in [0.15, 0.2) is 0 Å². The van der Waals surface area contributed by atoms with E-state index in [0.29, 0.717) is 26.1 Å². The number of aromatic nitrogens is 2. The number of amides is 2. The van der Waals surface area contributed by atoms with E-state index in [9.17, 15) is 14.4 Å². The molecule has 2 aliphatic heterocycles. The maximum absolute atomic E-state index is 12.7. The van der Waals surface area contributed by atoms with E-state index < -0.39 is 0 Å². The fraction of sp³-hybridized carbons (Fsp3) is 0.455. The zero-order valence-electron chi connectivity index (χ0n) is 16.5. The van der Waals surface area contributed by atoms with Crippen LogP contribution in [0.2, 0.25) is 0 Å². The van der Waals surface area contributed by atoms with Gasteiger partial charge >= 0.3 is 0 Å². The molecule has 152 valence electrons. The van der Waals surface area contributed by atoms with Crippen molar-refractivity contribution in [2.24, 2.45) is 5.41 Å². The molecule has 2 aromatic heterocycles. The molecule has 0 unspecified atom stereocenters. The van der Waals surface area contributed by atoms with E-state index in [1.54, 1.807) is 23.2 Å². The van der Waals surface area contributed by atoms with Gasteiger partial charge in [-0.15, -0.1) is 0 Å². The zero-order valence-corrected chi connectivity index (χ0v) is 16.5. The topological polar surface area (TPSA) is 86.4 Å². The number of rotatable bonds is 4. The second-order valence-corrected chi connectivity index (χ2v) is 8.09. The van der Waals surface area contributed by atoms with Crippen molar-refractivity contribution in [3.05, 3.63) is 64.3 Å². The van der Waals surface area contributed by atoms with Gasteiger partial charge in [0.25, 0.3) is 11.5 Å². The van der Waals surface area contributed by atoms with E-state index in [1.807, 2.05) is 23.1 Å². The number of aromatic amines is 1. The molecule has 0 bridgehead atoms. The zero-order chi connectivity index (χ0) is 20.3. The second-order valence-electron chi connectivity index (χ2n) is 8.09. The summed E-state index contributed by atoms with van der Waals surface area (Å²) in [7, 11) is 0. The monoisotopic (exact) mass is 394 g/mol. The van der Waals surface area contributed by atoms with Crippen molar-refractivity contribution in [2.75, 3.05) is 26.2 Å². The van der Waals surface area contributed by atoms with Gasteiger partial charge in [0.2, 0.25) is 5.91 Å². The van der Waals surface area contributed by atoms with E-state index in [1.165, 1.54) is 6.20 Å². The maximum atomic E-state index is 12.7. The van der Waals surface area contributed by atoms with E-state index >= 15 is 0 Å². The summed E-state index contributed by atoms with van der Waals surface area (Å²) < 4.78 is 0. The Morgan fingerprint density at radius 1 is 1.10 bits per heavy atom. The lowest BCUT2D eigenvalue weighted by molar-refractivity contribution is -0.138. The molecule has 0 aromatic carbocycles. The number of pyridine rings is 2. The number of hydrogen-bond donors (Lipinski definition) is 1. The number of piperidine rings is 2. The summed E-state index contributed by atoms with van der Waals surface area (Å²) in [5.74, 6) is 0.00137. The SMILES string of the molecule is O=C1CCC2(CCN(C(=O)c3ccc[nH]c3=O)CC2)CN1CCc1ccccn1. The lowest BCUT2D eigenvalue weighted by Crippen LogP contribution is -2.53. The fourth-order valence-electron chi connectivity index (χ4n) is 4.45. The third kappa shape index (κ3) is 4.23. The van der Waals surface area contributed by atoms with Crippen LogP contribution in [0.25, 0.3) is 0 Å². The number of likely N-dealkylation sites (tertiary alicyclic amines) is 2. The predicted octanol–water partition coefficient (Wildman–Crippen LogP) is 1.86. The van der Waals surface area contributed by atoms with Crippen LogP contribution in [0.4, 0.5) is 0 Å². The van der Waals surface area contributed by atoms with Crippen molar-refractivity contribution in [1.82, 2.24) is 19.8 Å². The molecule has 1 spiro atoms. The molecular formula is C22H26N4O3. The number of nitrogens with one attached hydrogen (secondary N) is 1. The summed E-state index contributed by atoms with van der Waals surface area (Å²) >= 11 is 0. The highest BCUT2D eigenvalue weighted by molar-refractivity contribution is 5.93. The standard InChI is InChI=1S/C22H26N4O3/c27-19-6-8-22(16-26(19)13-7-17-4-1-2-11-23-17)9-14-25(15-10-22)21(29)18-5-3-12-24-20(18)28/h1-5,11-12H,6-10,13-16H2,(H,24,28). The highest BCUT2D eigenvalue weighted by atomic mass is 16.2. The molecule has 2 amide bonds. The van der Waals surface area contributed by atoms with Gasteiger partial charge in [-0.05, 0) is 48.9 Å². The average Bonchev–Trinajstić information content (AvgIpc) is 2.76. The molecule has 0 saturated carbocycles. The number of hydrogen-bond acceptors (Lipinski definition) is 4. The Bertz CT molecular complexity index is 932. The van der Waals surface area contributed by atoms with Crippen LogP contribution in [-0.2, 0) is 11.2 Å². The molecule has 2 aliphatic rings. The fourth-order valence-corrected chi connectivity index (χ4v) is 4.45. The van der Waals surface area contributed by atoms with Crippen LogP contribution in [0.3, 0.4) is 0 Å². The van der Waals surface area contributed by atoms with Gasteiger partial charge in [-0.2, -0.15) is 0 Å². The van der Waals surface area contributed by atoms with E-state index in [-0.39, 0.29) is 28.4 Å². The Balaban J connectivity index is 1.37. The van der Waals surface area contributed by atoms with Gasteiger partial charge in [-0.1, -0.05) is 6.07 Å². The third-order valence-electron chi connectivity index (χ3n) is 6.27. The molecule has 4 heterocycles. The molecule has 29 heavy (non-hydrogen) atoms. The first-order valence-electron chi connectivity index (χ1n) is 10.2. The molecule has 7 heteroatoms. The first kappa shape index (κ1) is 19.4. The van der Waals surface area contributed by atoms with Crippen molar-refractivity contribution in [1.29, 1.82) is 0 Å². The lowest BCUT2D eigenvalue weighted by Gasteiger charge is -2.47. The minimum absolute atomic E-state index is 0.0674. The minimum Gasteiger partial charge on any atom is -0.342 e. The molecule has 0 aliphatic carbocycles. The van der Waals surface area contributed by atoms with Gasteiger partial charge in [-0.3, -0.25) is 19.4 Å². The van der Waals surface area contributed by atoms with Crippen LogP contribution in [0.1, 0.15) is 41.7 Å². The third-order valence-corrected chi connectivity index (χ3v) is 6.27. The Labute approximate surface area is 169 Å². The largest absolute Gasteiger partial charge is 0.342 e. The van der Waals surface area contributed by atoms with Crippen LogP contribution in [0.15, 0.2) is 47.5 Å². The van der Waals surface area contributed by atoms with Crippen molar-refractivity contribution >= 4 is 11.8 Å². The predicted molar refractivity (Wildman–Crippen MR) is 108 cm³/mol. The number of carbonyl (C=O) groups excluding carboxylic acids is 2. The van der Waals surface area contributed by atoms with Gasteiger partial charge in [0.05, 0.1) is 0 Å². The van der Waals surface area contributed by atoms with Gasteiger partial charge in [-0.25, -0.2) is 0 Å². The highest BCUT2D eigenvalue weighted by Gasteiger charge is 2.41. The first-order valence-corrected chi connectivity index (χ1v) is 10.2. The molecule has 1 N–H and O–H groups in total. The Kier molecular flexibility index (Phi) is 5.47. The summed E-state index contributed by atoms with van der Waals surface area (Å²) in [6.45, 7) is 2.66. The Morgan fingerprint density at radius 2 is 1.93 bits per heavy atom. The van der Waals surface area contributed by atoms with Crippen LogP contribution in [0, 0.1) is 5.41 Å². The highest BCUT2D eigenvalue weighted by Crippen LogP contribution is 2.40. The van der Waals surface area contributed by atoms with Gasteiger partial charge in [0.1, 0.15) is 5.56 Å². The maximum Gasteiger partial charge on any atom is 0.260 e. The van der Waals surface area contributed by atoms with Crippen molar-refractivity contribution in [3.63, 3.8) is 0 Å². The molecule has 2 aromatic rings. The lowest BCUT2D eigenvalue weighted by atomic mass is 9.72. The van der Waals surface area contributed by atoms with Crippen molar-refractivity contribution in [3.8, 4) is 0 Å². The number of H-pyrrole nitrogens is 1. The summed E-state index contributed by atoms with van der Waals surface area (Å²) in [6, 6.07) is 9.09. The average molecular weight is 394 g/mol. The normalized spacial score (nSPS) is 18.8. The van der Waals surface area contributed by atoms with Crippen molar-refractivity contribution < 1.29 is 9.59 Å². The van der Waals surface area contributed by atoms with Crippen LogP contribution in [0.5, 0.6) is 0 Å². The number of nitrogens with zero attached hydrogens (tertiary/aromatic N) is 3. The molecule has 7 nitrogen and oxygen atoms in total. The summed E-state index contributed by atoms with van der Waals surface area (Å²) in [5, 5.41) is 0. The summed E-state index contributed by atoms with van der Waals surface area (Å²) in [6.07, 6.45) is 7.22. The second kappa shape index (κ2) is 8.19. The van der Waals surface area contributed by atoms with Gasteiger partial charge < -0.3 is 14.8 Å². The smallest absolute Gasteiger partial charge is 0.260 e. The minimum atomic E-state index is -0.346. The number of carbonyl (C=O) groups is 2. The van der Waals surface area contributed by atoms with E-state index in [2.05, 4.69) is 9.97 Å². The first-order chi connectivity index (χ1) is 14.1. The van der Waals surface area contributed by atoms with E-state index in [4.69, 9.17) is 0 Å². The van der Waals surface area contributed by atoms with Crippen LogP contribution < -0.4 is 5.56 Å². The van der Waals surface area contributed by atoms with Crippen LogP contribution >= 0.6 is 0 Å². The molecule has 2 fully saturated rings.